The maximum atomic E-state index is 16.3. The monoisotopic (exact) mass is 698 g/mol. The molecule has 0 unspecified atom stereocenters. The molecule has 0 bridgehead atoms. The lowest BCUT2D eigenvalue weighted by atomic mass is 9.82. The number of carbonyl (C=O) groups is 2. The van der Waals surface area contributed by atoms with Gasteiger partial charge in [-0.3, -0.25) is 29.3 Å². The van der Waals surface area contributed by atoms with Gasteiger partial charge in [-0.25, -0.2) is 0 Å². The van der Waals surface area contributed by atoms with Gasteiger partial charge >= 0.3 is 0 Å². The molecule has 3 aromatic carbocycles. The van der Waals surface area contributed by atoms with Gasteiger partial charge in [-0.05, 0) is 61.3 Å². The summed E-state index contributed by atoms with van der Waals surface area (Å²) in [6.07, 6.45) is 2.87. The number of nitrogens with zero attached hydrogens (tertiary/aromatic N) is 6. The number of rotatable bonds is 10. The summed E-state index contributed by atoms with van der Waals surface area (Å²) < 4.78 is 24.6. The summed E-state index contributed by atoms with van der Waals surface area (Å²) in [6, 6.07) is 19.6. The van der Waals surface area contributed by atoms with Gasteiger partial charge in [-0.2, -0.15) is 0 Å². The van der Waals surface area contributed by atoms with Gasteiger partial charge < -0.3 is 18.9 Å². The lowest BCUT2D eigenvalue weighted by Gasteiger charge is -2.31. The maximum absolute atomic E-state index is 16.3. The Morgan fingerprint density at radius 2 is 1.84 bits per heavy atom. The number of aryl methyl sites for hydroxylation is 2. The van der Waals surface area contributed by atoms with Crippen molar-refractivity contribution < 1.29 is 28.5 Å². The van der Waals surface area contributed by atoms with Gasteiger partial charge in [0, 0.05) is 67.0 Å². The van der Waals surface area contributed by atoms with Crippen LogP contribution in [0, 0.1) is 16.0 Å². The van der Waals surface area contributed by atoms with Crippen LogP contribution in [0.25, 0.3) is 0 Å². The lowest BCUT2D eigenvalue weighted by molar-refractivity contribution is -0.385. The molecule has 4 atom stereocenters. The SMILES string of the molecule is C[C@@H]1[C@@H]([Si](C)(C)F)[C@H](CCn2cc(CCO)nn2)O[C@@]12C(=O)N(Cc1ccc(N3C(=O)CCc4ccccc43)cc1)c1ccc([N+](=O)[O-])cc12. The molecule has 260 valence electrons. The van der Waals surface area contributed by atoms with E-state index in [-0.39, 0.29) is 30.7 Å². The molecule has 4 aromatic rings. The van der Waals surface area contributed by atoms with Crippen LogP contribution in [0.1, 0.15) is 42.1 Å². The molecule has 1 N–H and O–H groups in total. The number of nitro benzene ring substituents is 1. The van der Waals surface area contributed by atoms with E-state index < -0.39 is 36.5 Å². The Morgan fingerprint density at radius 3 is 2.56 bits per heavy atom. The van der Waals surface area contributed by atoms with Gasteiger partial charge in [0.1, 0.15) is 0 Å². The highest BCUT2D eigenvalue weighted by Crippen LogP contribution is 2.60. The molecule has 4 heterocycles. The Balaban J connectivity index is 1.21. The van der Waals surface area contributed by atoms with Gasteiger partial charge in [0.15, 0.2) is 5.60 Å². The molecule has 12 nitrogen and oxygen atoms in total. The maximum Gasteiger partial charge on any atom is 0.269 e. The lowest BCUT2D eigenvalue weighted by Crippen LogP contribution is -2.45. The summed E-state index contributed by atoms with van der Waals surface area (Å²) in [4.78, 5) is 42.5. The summed E-state index contributed by atoms with van der Waals surface area (Å²) in [7, 11) is -3.47. The molecule has 1 aromatic heterocycles. The predicted octanol–water partition coefficient (Wildman–Crippen LogP) is 5.74. The van der Waals surface area contributed by atoms with Crippen molar-refractivity contribution in [3.63, 3.8) is 0 Å². The fraction of sp³-hybridized carbons (Fsp3) is 0.389. The third-order valence-corrected chi connectivity index (χ3v) is 12.8. The Hall–Kier alpha value is -4.79. The van der Waals surface area contributed by atoms with E-state index in [1.165, 1.54) is 12.1 Å². The zero-order valence-electron chi connectivity index (χ0n) is 28.2. The van der Waals surface area contributed by atoms with Crippen LogP contribution in [0.3, 0.4) is 0 Å². The number of aliphatic hydroxyl groups excluding tert-OH is 1. The standard InChI is InChI=1S/C36H39FN6O6Si/c1-23-34(50(2,3)37)32(16-18-40-22-26(17-19-44)38-39-40)49-36(23)29-20-28(43(47)48)13-14-31(29)41(35(36)46)21-24-8-11-27(12-9-24)42-30-7-5-4-6-25(30)10-15-33(42)45/h4-9,11-14,20,22-23,32,34,44H,10,15-19,21H2,1-3H3/t23-,32+,34-,36+/m1/s1. The number of aromatic nitrogens is 3. The quantitative estimate of drug-likeness (QED) is 0.0956. The average Bonchev–Trinajstić information content (AvgIpc) is 3.74. The van der Waals surface area contributed by atoms with E-state index in [0.717, 1.165) is 22.5 Å². The van der Waals surface area contributed by atoms with Crippen LogP contribution in [0.15, 0.2) is 72.9 Å². The number of hydrogen-bond donors (Lipinski definition) is 1. The van der Waals surface area contributed by atoms with Crippen LogP contribution in [-0.2, 0) is 45.9 Å². The van der Waals surface area contributed by atoms with Crippen LogP contribution in [0.4, 0.5) is 26.9 Å². The number of carbonyl (C=O) groups excluding carboxylic acids is 2. The zero-order valence-corrected chi connectivity index (χ0v) is 29.2. The van der Waals surface area contributed by atoms with Gasteiger partial charge in [0.05, 0.1) is 34.6 Å². The average molecular weight is 699 g/mol. The van der Waals surface area contributed by atoms with Crippen molar-refractivity contribution in [2.75, 3.05) is 16.4 Å². The minimum atomic E-state index is -3.47. The van der Waals surface area contributed by atoms with Crippen LogP contribution in [0.2, 0.25) is 18.6 Å². The number of hydrogen-bond acceptors (Lipinski definition) is 8. The molecule has 0 aliphatic carbocycles. The van der Waals surface area contributed by atoms with E-state index in [2.05, 4.69) is 10.3 Å². The molecular weight excluding hydrogens is 660 g/mol. The Kier molecular flexibility index (Phi) is 8.64. The van der Waals surface area contributed by atoms with E-state index >= 15 is 4.11 Å². The predicted molar refractivity (Wildman–Crippen MR) is 186 cm³/mol. The molecule has 1 saturated heterocycles. The van der Waals surface area contributed by atoms with E-state index in [1.54, 1.807) is 39.8 Å². The summed E-state index contributed by atoms with van der Waals surface area (Å²) >= 11 is 0. The largest absolute Gasteiger partial charge is 0.396 e. The van der Waals surface area contributed by atoms with Crippen molar-refractivity contribution in [2.45, 2.75) is 76.0 Å². The molecule has 14 heteroatoms. The second kappa shape index (κ2) is 12.8. The number of fused-ring (bicyclic) bond motifs is 3. The first-order valence-electron chi connectivity index (χ1n) is 16.9. The number of ether oxygens (including phenoxy) is 1. The molecule has 7 rings (SSSR count). The third kappa shape index (κ3) is 5.70. The molecular formula is C36H39FN6O6Si. The van der Waals surface area contributed by atoms with Crippen molar-refractivity contribution in [1.29, 1.82) is 0 Å². The topological polar surface area (TPSA) is 144 Å². The number of anilines is 3. The molecule has 3 aliphatic rings. The molecule has 3 aliphatic heterocycles. The third-order valence-electron chi connectivity index (χ3n) is 10.4. The molecule has 2 amide bonds. The second-order valence-electron chi connectivity index (χ2n) is 13.9. The van der Waals surface area contributed by atoms with Crippen LogP contribution >= 0.6 is 0 Å². The fourth-order valence-corrected chi connectivity index (χ4v) is 10.7. The first-order valence-corrected chi connectivity index (χ1v) is 19.8. The summed E-state index contributed by atoms with van der Waals surface area (Å²) in [6.45, 7) is 5.47. The number of halogens is 1. The van der Waals surface area contributed by atoms with Crippen LogP contribution < -0.4 is 9.80 Å². The van der Waals surface area contributed by atoms with E-state index in [0.29, 0.717) is 49.2 Å². The summed E-state index contributed by atoms with van der Waals surface area (Å²) in [5.74, 6) is -0.999. The van der Waals surface area contributed by atoms with Gasteiger partial charge in [-0.1, -0.05) is 42.5 Å². The fourth-order valence-electron chi connectivity index (χ4n) is 8.16. The van der Waals surface area contributed by atoms with Gasteiger partial charge in [0.2, 0.25) is 14.3 Å². The molecule has 1 spiro atoms. The van der Waals surface area contributed by atoms with Crippen molar-refractivity contribution >= 4 is 43.0 Å². The van der Waals surface area contributed by atoms with E-state index in [1.807, 2.05) is 55.5 Å². The van der Waals surface area contributed by atoms with E-state index in [9.17, 15) is 24.8 Å². The molecule has 0 saturated carbocycles. The highest BCUT2D eigenvalue weighted by atomic mass is 28.4. The first kappa shape index (κ1) is 33.7. The summed E-state index contributed by atoms with van der Waals surface area (Å²) in [5.41, 5.74) is 2.54. The highest BCUT2D eigenvalue weighted by Gasteiger charge is 2.66. The zero-order chi connectivity index (χ0) is 35.4. The number of amides is 2. The number of benzene rings is 3. The normalized spacial score (nSPS) is 23.1. The second-order valence-corrected chi connectivity index (χ2v) is 17.7. The number of para-hydroxylation sites is 1. The molecule has 50 heavy (non-hydrogen) atoms. The minimum absolute atomic E-state index is 0.00821. The number of nitro groups is 1. The minimum Gasteiger partial charge on any atom is -0.396 e. The Bertz CT molecular complexity index is 1960. The smallest absolute Gasteiger partial charge is 0.269 e. The van der Waals surface area contributed by atoms with Crippen molar-refractivity contribution in [2.24, 2.45) is 5.92 Å². The van der Waals surface area contributed by atoms with Crippen molar-refractivity contribution in [1.82, 2.24) is 15.0 Å². The number of aliphatic hydroxyl groups is 1. The van der Waals surface area contributed by atoms with Crippen LogP contribution in [0.5, 0.6) is 0 Å². The van der Waals surface area contributed by atoms with Crippen molar-refractivity contribution in [3.8, 4) is 0 Å². The van der Waals surface area contributed by atoms with Gasteiger partial charge in [-0.15, -0.1) is 5.10 Å². The molecule has 0 radical (unpaired) electrons. The summed E-state index contributed by atoms with van der Waals surface area (Å²) in [5, 5.41) is 29.4. The Labute approximate surface area is 289 Å². The molecule has 1 fully saturated rings. The first-order chi connectivity index (χ1) is 23.9. The Morgan fingerprint density at radius 1 is 1.08 bits per heavy atom. The van der Waals surface area contributed by atoms with Gasteiger partial charge in [0.25, 0.3) is 11.6 Å². The highest BCUT2D eigenvalue weighted by molar-refractivity contribution is 6.72. The van der Waals surface area contributed by atoms with Crippen LogP contribution in [-0.4, -0.2) is 58.0 Å². The number of non-ortho nitro benzene ring substituents is 1. The van der Waals surface area contributed by atoms with E-state index in [4.69, 9.17) is 4.74 Å². The van der Waals surface area contributed by atoms with Crippen molar-refractivity contribution in [3.05, 3.63) is 105 Å².